The Morgan fingerprint density at radius 3 is 2.31 bits per heavy atom. The molecule has 0 aliphatic heterocycles. The first kappa shape index (κ1) is 24.3. The van der Waals surface area contributed by atoms with Crippen molar-refractivity contribution >= 4 is 12.2 Å². The highest BCUT2D eigenvalue weighted by molar-refractivity contribution is 5.66. The van der Waals surface area contributed by atoms with Crippen LogP contribution < -0.4 is 4.74 Å². The van der Waals surface area contributed by atoms with Crippen molar-refractivity contribution in [3.05, 3.63) is 113 Å². The third-order valence-corrected chi connectivity index (χ3v) is 5.41. The van der Waals surface area contributed by atoms with Gasteiger partial charge in [0, 0.05) is 18.0 Å². The fraction of sp³-hybridized carbons (Fsp3) is 0.214. The summed E-state index contributed by atoms with van der Waals surface area (Å²) in [4.78, 5) is 8.68. The van der Waals surface area contributed by atoms with Gasteiger partial charge in [-0.1, -0.05) is 30.3 Å². The molecule has 35 heavy (non-hydrogen) atoms. The van der Waals surface area contributed by atoms with Gasteiger partial charge in [0.2, 0.25) is 5.89 Å². The van der Waals surface area contributed by atoms with E-state index in [2.05, 4.69) is 28.2 Å². The second-order valence-electron chi connectivity index (χ2n) is 8.09. The maximum atomic E-state index is 12.6. The number of aromatic nitrogens is 2. The van der Waals surface area contributed by atoms with Gasteiger partial charge < -0.3 is 9.15 Å². The van der Waals surface area contributed by atoms with Crippen molar-refractivity contribution in [2.24, 2.45) is 0 Å². The average molecular weight is 479 g/mol. The van der Waals surface area contributed by atoms with Crippen LogP contribution >= 0.6 is 0 Å². The highest BCUT2D eigenvalue weighted by Gasteiger charge is 2.29. The minimum atomic E-state index is -4.35. The molecule has 4 aromatic rings. The predicted molar refractivity (Wildman–Crippen MR) is 129 cm³/mol. The van der Waals surface area contributed by atoms with E-state index in [9.17, 15) is 13.2 Å². The van der Waals surface area contributed by atoms with Crippen molar-refractivity contribution in [1.82, 2.24) is 9.97 Å². The van der Waals surface area contributed by atoms with E-state index < -0.39 is 11.7 Å². The zero-order valence-corrected chi connectivity index (χ0v) is 19.0. The lowest BCUT2D eigenvalue weighted by atomic mass is 10.1. The highest BCUT2D eigenvalue weighted by Crippen LogP contribution is 2.29. The summed E-state index contributed by atoms with van der Waals surface area (Å²) in [7, 11) is 0. The van der Waals surface area contributed by atoms with Crippen LogP contribution in [0.4, 0.5) is 13.2 Å². The zero-order chi connectivity index (χ0) is 24.5. The molecular weight excluding hydrogens is 453 g/mol. The zero-order valence-electron chi connectivity index (χ0n) is 19.0. The number of hydrogen-bond donors (Lipinski definition) is 0. The van der Waals surface area contributed by atoms with Crippen molar-refractivity contribution in [2.45, 2.75) is 38.5 Å². The minimum Gasteiger partial charge on any atom is -0.487 e. The molecule has 7 heteroatoms. The highest BCUT2D eigenvalue weighted by atomic mass is 19.4. The standard InChI is InChI=1S/C28H25F3N2O2/c29-28(30,31)23-13-8-22(9-14-23)12-17-27-33-25(20-35-27)19-34-26-15-10-21(11-16-26)5-1-2-6-24-7-3-4-18-32-24/h3-4,7-18,20H,1-2,5-6,19H2/b17-12+. The van der Waals surface area contributed by atoms with Crippen LogP contribution in [0.5, 0.6) is 5.75 Å². The number of nitrogens with zero attached hydrogens (tertiary/aromatic N) is 2. The van der Waals surface area contributed by atoms with E-state index in [1.54, 1.807) is 12.2 Å². The molecule has 4 rings (SSSR count). The van der Waals surface area contributed by atoms with Crippen LogP contribution in [0.2, 0.25) is 0 Å². The molecule has 0 saturated carbocycles. The number of unbranched alkanes of at least 4 members (excludes halogenated alkanes) is 1. The summed E-state index contributed by atoms with van der Waals surface area (Å²) in [6.45, 7) is 0.251. The normalized spacial score (nSPS) is 11.7. The topological polar surface area (TPSA) is 48.2 Å². The first-order chi connectivity index (χ1) is 17.0. The maximum Gasteiger partial charge on any atom is 0.416 e. The van der Waals surface area contributed by atoms with Gasteiger partial charge in [-0.05, 0) is 79.3 Å². The van der Waals surface area contributed by atoms with Crippen LogP contribution in [-0.2, 0) is 25.6 Å². The summed E-state index contributed by atoms with van der Waals surface area (Å²) in [5, 5.41) is 0. The lowest BCUT2D eigenvalue weighted by molar-refractivity contribution is -0.137. The molecule has 0 spiro atoms. The van der Waals surface area contributed by atoms with Crippen LogP contribution in [0.3, 0.4) is 0 Å². The minimum absolute atomic E-state index is 0.251. The Balaban J connectivity index is 1.21. The largest absolute Gasteiger partial charge is 0.487 e. The van der Waals surface area contributed by atoms with Crippen LogP contribution in [0.15, 0.2) is 83.6 Å². The van der Waals surface area contributed by atoms with E-state index in [1.165, 1.54) is 24.0 Å². The molecule has 180 valence electrons. The molecule has 0 N–H and O–H groups in total. The molecule has 0 bridgehead atoms. The monoisotopic (exact) mass is 478 g/mol. The van der Waals surface area contributed by atoms with Gasteiger partial charge in [0.25, 0.3) is 0 Å². The molecule has 0 saturated heterocycles. The van der Waals surface area contributed by atoms with Crippen molar-refractivity contribution in [3.63, 3.8) is 0 Å². The molecule has 0 atom stereocenters. The number of halogens is 3. The summed E-state index contributed by atoms with van der Waals surface area (Å²) in [6.07, 6.45) is 6.42. The van der Waals surface area contributed by atoms with Crippen molar-refractivity contribution in [2.75, 3.05) is 0 Å². The Labute approximate surface area is 202 Å². The lowest BCUT2D eigenvalue weighted by Crippen LogP contribution is -2.03. The molecular formula is C28H25F3N2O2. The number of benzene rings is 2. The van der Waals surface area contributed by atoms with Gasteiger partial charge in [-0.15, -0.1) is 0 Å². The third-order valence-electron chi connectivity index (χ3n) is 5.41. The molecule has 2 aromatic carbocycles. The van der Waals surface area contributed by atoms with Crippen LogP contribution in [0.1, 0.15) is 46.8 Å². The fourth-order valence-corrected chi connectivity index (χ4v) is 3.51. The summed E-state index contributed by atoms with van der Waals surface area (Å²) >= 11 is 0. The van der Waals surface area contributed by atoms with E-state index in [-0.39, 0.29) is 6.61 Å². The number of aryl methyl sites for hydroxylation is 2. The Hall–Kier alpha value is -3.87. The molecule has 0 radical (unpaired) electrons. The Kier molecular flexibility index (Phi) is 7.98. The Morgan fingerprint density at radius 2 is 1.60 bits per heavy atom. The maximum absolute atomic E-state index is 12.6. The van der Waals surface area contributed by atoms with E-state index in [4.69, 9.17) is 9.15 Å². The van der Waals surface area contributed by atoms with Gasteiger partial charge in [0.1, 0.15) is 24.3 Å². The van der Waals surface area contributed by atoms with Gasteiger partial charge in [-0.25, -0.2) is 4.98 Å². The van der Waals surface area contributed by atoms with E-state index in [1.807, 2.05) is 30.5 Å². The molecule has 4 nitrogen and oxygen atoms in total. The summed E-state index contributed by atoms with van der Waals surface area (Å²) in [6, 6.07) is 18.9. The number of ether oxygens (including phenoxy) is 1. The summed E-state index contributed by atoms with van der Waals surface area (Å²) < 4.78 is 49.1. The van der Waals surface area contributed by atoms with Gasteiger partial charge in [-0.2, -0.15) is 13.2 Å². The van der Waals surface area contributed by atoms with Crippen LogP contribution in [0, 0.1) is 0 Å². The van der Waals surface area contributed by atoms with E-state index >= 15 is 0 Å². The van der Waals surface area contributed by atoms with Gasteiger partial charge in [0.15, 0.2) is 0 Å². The molecule has 0 amide bonds. The Morgan fingerprint density at radius 1 is 0.829 bits per heavy atom. The smallest absolute Gasteiger partial charge is 0.416 e. The number of oxazole rings is 1. The molecule has 2 heterocycles. The van der Waals surface area contributed by atoms with Crippen molar-refractivity contribution in [1.29, 1.82) is 0 Å². The second kappa shape index (κ2) is 11.5. The number of rotatable bonds is 10. The van der Waals surface area contributed by atoms with Crippen molar-refractivity contribution in [3.8, 4) is 5.75 Å². The first-order valence-corrected chi connectivity index (χ1v) is 11.4. The number of alkyl halides is 3. The summed E-state index contributed by atoms with van der Waals surface area (Å²) in [5.74, 6) is 1.09. The molecule has 0 fully saturated rings. The van der Waals surface area contributed by atoms with Gasteiger partial charge in [0.05, 0.1) is 5.56 Å². The number of hydrogen-bond acceptors (Lipinski definition) is 4. The molecule has 0 aliphatic rings. The molecule has 2 aromatic heterocycles. The first-order valence-electron chi connectivity index (χ1n) is 11.4. The average Bonchev–Trinajstić information content (AvgIpc) is 3.33. The van der Waals surface area contributed by atoms with Crippen molar-refractivity contribution < 1.29 is 22.3 Å². The lowest BCUT2D eigenvalue weighted by Gasteiger charge is -2.06. The summed E-state index contributed by atoms with van der Waals surface area (Å²) in [5.41, 5.74) is 2.94. The molecule has 0 aliphatic carbocycles. The fourth-order valence-electron chi connectivity index (χ4n) is 3.51. The number of pyridine rings is 1. The molecule has 0 unspecified atom stereocenters. The second-order valence-corrected chi connectivity index (χ2v) is 8.09. The van der Waals surface area contributed by atoms with Gasteiger partial charge in [-0.3, -0.25) is 4.98 Å². The van der Waals surface area contributed by atoms with Gasteiger partial charge >= 0.3 is 6.18 Å². The SMILES string of the molecule is FC(F)(F)c1ccc(/C=C/c2nc(COc3ccc(CCCCc4ccccn4)cc3)co2)cc1. The quantitative estimate of drug-likeness (QED) is 0.223. The Bertz CT molecular complexity index is 1220. The predicted octanol–water partition coefficient (Wildman–Crippen LogP) is 7.40. The van der Waals surface area contributed by atoms with Crippen LogP contribution in [0.25, 0.3) is 12.2 Å². The van der Waals surface area contributed by atoms with E-state index in [0.29, 0.717) is 17.1 Å². The third kappa shape index (κ3) is 7.57. The van der Waals surface area contributed by atoms with Crippen LogP contribution in [-0.4, -0.2) is 9.97 Å². The van der Waals surface area contributed by atoms with E-state index in [0.717, 1.165) is 49.3 Å².